The van der Waals surface area contributed by atoms with E-state index in [4.69, 9.17) is 15.6 Å². The second-order valence-electron chi connectivity index (χ2n) is 5.01. The quantitative estimate of drug-likeness (QED) is 0.747. The lowest BCUT2D eigenvalue weighted by atomic mass is 9.95. The summed E-state index contributed by atoms with van der Waals surface area (Å²) < 4.78 is 5.26. The van der Waals surface area contributed by atoms with Crippen molar-refractivity contribution in [3.05, 3.63) is 29.3 Å². The van der Waals surface area contributed by atoms with Gasteiger partial charge in [-0.05, 0) is 36.1 Å². The van der Waals surface area contributed by atoms with Crippen LogP contribution in [0.4, 0.5) is 0 Å². The van der Waals surface area contributed by atoms with Crippen LogP contribution in [0.3, 0.4) is 0 Å². The van der Waals surface area contributed by atoms with Gasteiger partial charge in [0.25, 0.3) is 0 Å². The highest BCUT2D eigenvalue weighted by Crippen LogP contribution is 2.27. The molecule has 110 valence electrons. The summed E-state index contributed by atoms with van der Waals surface area (Å²) in [6.45, 7) is 4.02. The number of carboxylic acids is 1. The van der Waals surface area contributed by atoms with E-state index in [2.05, 4.69) is 0 Å². The number of ether oxygens (including phenoxy) is 1. The van der Waals surface area contributed by atoms with Crippen LogP contribution in [0.15, 0.2) is 18.2 Å². The Hall–Kier alpha value is -1.88. The molecular weight excluding hydrogens is 258 g/mol. The number of rotatable bonds is 7. The third-order valence-electron chi connectivity index (χ3n) is 3.14. The molecule has 0 radical (unpaired) electrons. The maximum Gasteiger partial charge on any atom is 0.303 e. The lowest BCUT2D eigenvalue weighted by molar-refractivity contribution is -0.137. The summed E-state index contributed by atoms with van der Waals surface area (Å²) in [5, 5.41) is 8.62. The molecule has 1 aromatic rings. The van der Waals surface area contributed by atoms with Crippen molar-refractivity contribution < 1.29 is 19.4 Å². The molecule has 1 atom stereocenters. The van der Waals surface area contributed by atoms with Crippen LogP contribution in [0.1, 0.15) is 48.5 Å². The van der Waals surface area contributed by atoms with E-state index in [0.717, 1.165) is 11.3 Å². The number of ketones is 1. The SMILES string of the molecule is COc1ccc(C(=O)C(N)CCC(=O)O)cc1C(C)C. The summed E-state index contributed by atoms with van der Waals surface area (Å²) >= 11 is 0. The van der Waals surface area contributed by atoms with Gasteiger partial charge in [0, 0.05) is 12.0 Å². The minimum Gasteiger partial charge on any atom is -0.496 e. The van der Waals surface area contributed by atoms with Crippen molar-refractivity contribution in [3.63, 3.8) is 0 Å². The number of aliphatic carboxylic acids is 1. The summed E-state index contributed by atoms with van der Waals surface area (Å²) in [6, 6.07) is 4.38. The molecule has 0 aliphatic carbocycles. The molecule has 0 saturated carbocycles. The van der Waals surface area contributed by atoms with E-state index in [0.29, 0.717) is 5.56 Å². The molecule has 0 spiro atoms. The maximum atomic E-state index is 12.2. The topological polar surface area (TPSA) is 89.6 Å². The highest BCUT2D eigenvalue weighted by molar-refractivity contribution is 6.00. The van der Waals surface area contributed by atoms with Gasteiger partial charge in [0.15, 0.2) is 5.78 Å². The van der Waals surface area contributed by atoms with Gasteiger partial charge in [-0.25, -0.2) is 0 Å². The zero-order valence-electron chi connectivity index (χ0n) is 12.1. The fourth-order valence-electron chi connectivity index (χ4n) is 1.96. The first kappa shape index (κ1) is 16.2. The number of benzene rings is 1. The third kappa shape index (κ3) is 4.06. The van der Waals surface area contributed by atoms with E-state index >= 15 is 0 Å². The first-order chi connectivity index (χ1) is 9.36. The van der Waals surface area contributed by atoms with Crippen molar-refractivity contribution in [2.45, 2.75) is 38.6 Å². The van der Waals surface area contributed by atoms with Crippen molar-refractivity contribution >= 4 is 11.8 Å². The Morgan fingerprint density at radius 3 is 2.50 bits per heavy atom. The fourth-order valence-corrected chi connectivity index (χ4v) is 1.96. The maximum absolute atomic E-state index is 12.2. The van der Waals surface area contributed by atoms with Gasteiger partial charge in [0.2, 0.25) is 0 Å². The Bertz CT molecular complexity index is 497. The lowest BCUT2D eigenvalue weighted by Crippen LogP contribution is -2.31. The van der Waals surface area contributed by atoms with Gasteiger partial charge in [-0.15, -0.1) is 0 Å². The van der Waals surface area contributed by atoms with Crippen LogP contribution < -0.4 is 10.5 Å². The van der Waals surface area contributed by atoms with E-state index in [1.807, 2.05) is 13.8 Å². The number of carboxylic acid groups (broad SMARTS) is 1. The molecule has 0 saturated heterocycles. The van der Waals surface area contributed by atoms with Crippen molar-refractivity contribution in [2.75, 3.05) is 7.11 Å². The molecule has 1 aromatic carbocycles. The average Bonchev–Trinajstić information content (AvgIpc) is 2.42. The number of Topliss-reactive ketones (excluding diaryl/α,β-unsaturated/α-hetero) is 1. The Labute approximate surface area is 118 Å². The third-order valence-corrected chi connectivity index (χ3v) is 3.14. The standard InChI is InChI=1S/C15H21NO4/c1-9(2)11-8-10(4-6-13(11)20-3)15(19)12(16)5-7-14(17)18/h4,6,8-9,12H,5,7,16H2,1-3H3,(H,17,18). The second-order valence-corrected chi connectivity index (χ2v) is 5.01. The molecule has 0 bridgehead atoms. The largest absolute Gasteiger partial charge is 0.496 e. The first-order valence-corrected chi connectivity index (χ1v) is 6.56. The van der Waals surface area contributed by atoms with Crippen LogP contribution in [0.2, 0.25) is 0 Å². The summed E-state index contributed by atoms with van der Waals surface area (Å²) in [7, 11) is 1.58. The van der Waals surface area contributed by atoms with Crippen molar-refractivity contribution in [1.82, 2.24) is 0 Å². The Balaban J connectivity index is 2.93. The van der Waals surface area contributed by atoms with Crippen LogP contribution in [0.5, 0.6) is 5.75 Å². The molecule has 0 aliphatic rings. The van der Waals surface area contributed by atoms with Crippen LogP contribution in [0.25, 0.3) is 0 Å². The van der Waals surface area contributed by atoms with Crippen molar-refractivity contribution in [1.29, 1.82) is 0 Å². The zero-order valence-corrected chi connectivity index (χ0v) is 12.1. The highest BCUT2D eigenvalue weighted by atomic mass is 16.5. The highest BCUT2D eigenvalue weighted by Gasteiger charge is 2.19. The predicted molar refractivity (Wildman–Crippen MR) is 76.3 cm³/mol. The minimum absolute atomic E-state index is 0.111. The molecule has 1 unspecified atom stereocenters. The summed E-state index contributed by atoms with van der Waals surface area (Å²) in [5.74, 6) is -0.245. The Kier molecular flexibility index (Phi) is 5.70. The van der Waals surface area contributed by atoms with Crippen molar-refractivity contribution in [2.24, 2.45) is 5.73 Å². The van der Waals surface area contributed by atoms with Crippen LogP contribution in [0, 0.1) is 0 Å². The van der Waals surface area contributed by atoms with E-state index in [1.54, 1.807) is 25.3 Å². The van der Waals surface area contributed by atoms with Gasteiger partial charge in [0.05, 0.1) is 13.2 Å². The zero-order chi connectivity index (χ0) is 15.3. The van der Waals surface area contributed by atoms with Gasteiger partial charge in [-0.1, -0.05) is 13.8 Å². The molecule has 5 heteroatoms. The number of methoxy groups -OCH3 is 1. The molecule has 20 heavy (non-hydrogen) atoms. The molecule has 0 aliphatic heterocycles. The van der Waals surface area contributed by atoms with E-state index in [9.17, 15) is 9.59 Å². The Morgan fingerprint density at radius 2 is 2.00 bits per heavy atom. The molecule has 0 heterocycles. The van der Waals surface area contributed by atoms with Gasteiger partial charge in [-0.3, -0.25) is 9.59 Å². The summed E-state index contributed by atoms with van der Waals surface area (Å²) in [5.41, 5.74) is 7.18. The normalized spacial score (nSPS) is 12.2. The Morgan fingerprint density at radius 1 is 1.35 bits per heavy atom. The smallest absolute Gasteiger partial charge is 0.303 e. The fraction of sp³-hybridized carbons (Fsp3) is 0.467. The monoisotopic (exact) mass is 279 g/mol. The molecule has 0 amide bonds. The van der Waals surface area contributed by atoms with Crippen LogP contribution >= 0.6 is 0 Å². The predicted octanol–water partition coefficient (Wildman–Crippen LogP) is 2.19. The van der Waals surface area contributed by atoms with E-state index in [1.165, 1.54) is 0 Å². The number of hydrogen-bond acceptors (Lipinski definition) is 4. The molecule has 0 aromatic heterocycles. The van der Waals surface area contributed by atoms with E-state index in [-0.39, 0.29) is 24.5 Å². The molecule has 3 N–H and O–H groups in total. The first-order valence-electron chi connectivity index (χ1n) is 6.56. The second kappa shape index (κ2) is 7.05. The minimum atomic E-state index is -0.953. The average molecular weight is 279 g/mol. The molecular formula is C15H21NO4. The molecule has 1 rings (SSSR count). The number of nitrogens with two attached hydrogens (primary N) is 1. The van der Waals surface area contributed by atoms with Gasteiger partial charge in [-0.2, -0.15) is 0 Å². The van der Waals surface area contributed by atoms with Crippen LogP contribution in [-0.4, -0.2) is 30.0 Å². The molecule has 0 fully saturated rings. The van der Waals surface area contributed by atoms with Gasteiger partial charge >= 0.3 is 5.97 Å². The van der Waals surface area contributed by atoms with E-state index < -0.39 is 12.0 Å². The van der Waals surface area contributed by atoms with Crippen LogP contribution in [-0.2, 0) is 4.79 Å². The number of carbonyl (C=O) groups is 2. The van der Waals surface area contributed by atoms with Gasteiger partial charge in [0.1, 0.15) is 5.75 Å². The summed E-state index contributed by atoms with van der Waals surface area (Å²) in [6.07, 6.45) is 0.0251. The number of carbonyl (C=O) groups excluding carboxylic acids is 1. The lowest BCUT2D eigenvalue weighted by Gasteiger charge is -2.15. The van der Waals surface area contributed by atoms with Crippen molar-refractivity contribution in [3.8, 4) is 5.75 Å². The molecule has 5 nitrogen and oxygen atoms in total. The number of hydrogen-bond donors (Lipinski definition) is 2. The summed E-state index contributed by atoms with van der Waals surface area (Å²) in [4.78, 5) is 22.7. The van der Waals surface area contributed by atoms with Gasteiger partial charge < -0.3 is 15.6 Å².